The molecule has 1 amide bonds. The molecule has 0 heterocycles. The number of carboxylic acids is 3. The van der Waals surface area contributed by atoms with Crippen molar-refractivity contribution in [2.45, 2.75) is 6.92 Å². The summed E-state index contributed by atoms with van der Waals surface area (Å²) in [6.07, 6.45) is 0. The van der Waals surface area contributed by atoms with Crippen LogP contribution in [0.25, 0.3) is 0 Å². The summed E-state index contributed by atoms with van der Waals surface area (Å²) in [6, 6.07) is 3.93. The minimum atomic E-state index is -1.55. The van der Waals surface area contributed by atoms with Crippen molar-refractivity contribution in [1.82, 2.24) is 0 Å². The van der Waals surface area contributed by atoms with Gasteiger partial charge in [0, 0.05) is 24.3 Å². The van der Waals surface area contributed by atoms with Gasteiger partial charge in [-0.15, -0.1) is 0 Å². The summed E-state index contributed by atoms with van der Waals surface area (Å²) in [4.78, 5) is 58.3. The summed E-state index contributed by atoms with van der Waals surface area (Å²) in [5.41, 5.74) is 0.349. The molecular weight excluding hydrogens is 360 g/mol. The third-order valence-corrected chi connectivity index (χ3v) is 4.63. The maximum Gasteiger partial charge on any atom is 0.335 e. The fraction of sp³-hybridized carbons (Fsp3) is 0.353. The lowest BCUT2D eigenvalue weighted by atomic mass is 9.55. The van der Waals surface area contributed by atoms with E-state index in [1.54, 1.807) is 7.05 Å². The van der Waals surface area contributed by atoms with Crippen LogP contribution >= 0.6 is 0 Å². The zero-order chi connectivity index (χ0) is 20.5. The Morgan fingerprint density at radius 1 is 0.815 bits per heavy atom. The Balaban J connectivity index is 2.34. The Bertz CT molecular complexity index is 812. The highest BCUT2D eigenvalue weighted by Crippen LogP contribution is 2.47. The number of hydrogen-bond donors (Lipinski definition) is 5. The molecule has 1 aliphatic carbocycles. The average Bonchev–Trinajstić information content (AvgIpc) is 2.52. The van der Waals surface area contributed by atoms with Crippen LogP contribution < -0.4 is 10.6 Å². The van der Waals surface area contributed by atoms with Crippen LogP contribution in [0.3, 0.4) is 0 Å². The van der Waals surface area contributed by atoms with Gasteiger partial charge < -0.3 is 26.0 Å². The van der Waals surface area contributed by atoms with Gasteiger partial charge in [-0.1, -0.05) is 0 Å². The molecule has 10 heteroatoms. The van der Waals surface area contributed by atoms with Crippen molar-refractivity contribution in [2.75, 3.05) is 17.7 Å². The smallest absolute Gasteiger partial charge is 0.335 e. The average molecular weight is 378 g/mol. The third kappa shape index (κ3) is 3.73. The first kappa shape index (κ1) is 19.9. The Morgan fingerprint density at radius 2 is 1.33 bits per heavy atom. The van der Waals surface area contributed by atoms with E-state index < -0.39 is 53.3 Å². The van der Waals surface area contributed by atoms with Crippen LogP contribution in [0, 0.1) is 23.7 Å². The van der Waals surface area contributed by atoms with Crippen LogP contribution in [-0.4, -0.2) is 52.0 Å². The molecule has 0 aromatic heterocycles. The summed E-state index contributed by atoms with van der Waals surface area (Å²) in [6.45, 7) is 1.10. The Labute approximate surface area is 153 Å². The van der Waals surface area contributed by atoms with Crippen LogP contribution in [0.15, 0.2) is 18.2 Å². The van der Waals surface area contributed by atoms with Gasteiger partial charge in [0.25, 0.3) is 0 Å². The number of ketones is 1. The molecule has 0 radical (unpaired) electrons. The quantitative estimate of drug-likeness (QED) is 0.456. The zero-order valence-electron chi connectivity index (χ0n) is 14.4. The number of carboxylic acid groups (broad SMARTS) is 3. The lowest BCUT2D eigenvalue weighted by Crippen LogP contribution is -2.60. The first-order valence-electron chi connectivity index (χ1n) is 7.91. The van der Waals surface area contributed by atoms with Crippen molar-refractivity contribution in [3.8, 4) is 0 Å². The van der Waals surface area contributed by atoms with Crippen molar-refractivity contribution >= 4 is 41.0 Å². The van der Waals surface area contributed by atoms with Crippen molar-refractivity contribution in [3.63, 3.8) is 0 Å². The molecule has 4 atom stereocenters. The van der Waals surface area contributed by atoms with Gasteiger partial charge >= 0.3 is 17.9 Å². The number of amides is 1. The normalized spacial score (nSPS) is 23.6. The molecule has 1 aliphatic rings. The fourth-order valence-electron chi connectivity index (χ4n) is 3.39. The fourth-order valence-corrected chi connectivity index (χ4v) is 3.39. The molecule has 144 valence electrons. The summed E-state index contributed by atoms with van der Waals surface area (Å²) in [5.74, 6) is -11.3. The van der Waals surface area contributed by atoms with Gasteiger partial charge in [-0.2, -0.15) is 0 Å². The van der Waals surface area contributed by atoms with Gasteiger partial charge in [-0.25, -0.2) is 4.79 Å². The Morgan fingerprint density at radius 3 is 1.78 bits per heavy atom. The first-order valence-corrected chi connectivity index (χ1v) is 7.91. The molecule has 0 aliphatic heterocycles. The van der Waals surface area contributed by atoms with Crippen LogP contribution in [0.4, 0.5) is 11.4 Å². The largest absolute Gasteiger partial charge is 0.481 e. The maximum atomic E-state index is 12.6. The van der Waals surface area contributed by atoms with E-state index in [-0.39, 0.29) is 11.3 Å². The maximum absolute atomic E-state index is 12.6. The van der Waals surface area contributed by atoms with Gasteiger partial charge in [0.15, 0.2) is 0 Å². The van der Waals surface area contributed by atoms with Gasteiger partial charge in [-0.05, 0) is 25.1 Å². The van der Waals surface area contributed by atoms with E-state index in [2.05, 4.69) is 10.6 Å². The van der Waals surface area contributed by atoms with E-state index in [1.165, 1.54) is 18.2 Å². The van der Waals surface area contributed by atoms with E-state index in [1.807, 2.05) is 0 Å². The van der Waals surface area contributed by atoms with Gasteiger partial charge in [0.05, 0.1) is 23.3 Å². The number of anilines is 2. The van der Waals surface area contributed by atoms with Crippen LogP contribution in [0.2, 0.25) is 0 Å². The van der Waals surface area contributed by atoms with E-state index in [0.29, 0.717) is 5.69 Å². The molecule has 0 saturated heterocycles. The lowest BCUT2D eigenvalue weighted by Gasteiger charge is -2.45. The van der Waals surface area contributed by atoms with Crippen LogP contribution in [0.1, 0.15) is 17.3 Å². The van der Waals surface area contributed by atoms with Gasteiger partial charge in [-0.3, -0.25) is 19.2 Å². The van der Waals surface area contributed by atoms with E-state index in [9.17, 15) is 34.2 Å². The molecular formula is C17H18N2O8. The number of benzene rings is 1. The van der Waals surface area contributed by atoms with Crippen LogP contribution in [-0.2, 0) is 19.2 Å². The molecule has 1 aromatic rings. The minimum Gasteiger partial charge on any atom is -0.481 e. The summed E-state index contributed by atoms with van der Waals surface area (Å²) in [7, 11) is 1.54. The lowest BCUT2D eigenvalue weighted by molar-refractivity contribution is -0.179. The molecule has 1 saturated carbocycles. The second kappa shape index (κ2) is 7.44. The molecule has 4 unspecified atom stereocenters. The van der Waals surface area contributed by atoms with Crippen molar-refractivity contribution in [2.24, 2.45) is 23.7 Å². The van der Waals surface area contributed by atoms with Gasteiger partial charge in [0.1, 0.15) is 5.78 Å². The highest BCUT2D eigenvalue weighted by Gasteiger charge is 2.62. The molecule has 27 heavy (non-hydrogen) atoms. The van der Waals surface area contributed by atoms with Gasteiger partial charge in [0.2, 0.25) is 5.91 Å². The topological polar surface area (TPSA) is 170 Å². The van der Waals surface area contributed by atoms with E-state index in [0.717, 1.165) is 6.92 Å². The molecule has 0 spiro atoms. The molecule has 1 fully saturated rings. The third-order valence-electron chi connectivity index (χ3n) is 4.63. The predicted molar refractivity (Wildman–Crippen MR) is 91.5 cm³/mol. The first-order chi connectivity index (χ1) is 12.6. The number of rotatable bonds is 7. The molecule has 1 aromatic carbocycles. The monoisotopic (exact) mass is 378 g/mol. The number of aromatic carboxylic acids is 1. The highest BCUT2D eigenvalue weighted by molar-refractivity contribution is 6.04. The van der Waals surface area contributed by atoms with Crippen molar-refractivity contribution in [1.29, 1.82) is 0 Å². The highest BCUT2D eigenvalue weighted by atomic mass is 16.4. The molecule has 2 rings (SSSR count). The summed E-state index contributed by atoms with van der Waals surface area (Å²) < 4.78 is 0. The number of Topliss-reactive ketones (excluding diaryl/α,β-unsaturated/α-hetero) is 1. The molecule has 10 nitrogen and oxygen atoms in total. The number of carbonyl (C=O) groups is 5. The summed E-state index contributed by atoms with van der Waals surface area (Å²) >= 11 is 0. The number of nitrogens with one attached hydrogen (secondary N) is 2. The second-order valence-electron chi connectivity index (χ2n) is 6.23. The summed E-state index contributed by atoms with van der Waals surface area (Å²) in [5, 5.41) is 32.7. The zero-order valence-corrected chi connectivity index (χ0v) is 14.4. The SMILES string of the molecule is CNc1cc(NC(=O)C2C(C(C)=O)C(C(=O)O)C2C(=O)O)cc(C(=O)O)c1. The molecule has 5 N–H and O–H groups in total. The number of aliphatic carboxylic acids is 2. The Kier molecular flexibility index (Phi) is 5.48. The van der Waals surface area contributed by atoms with Crippen molar-refractivity contribution < 1.29 is 39.3 Å². The van der Waals surface area contributed by atoms with Crippen LogP contribution in [0.5, 0.6) is 0 Å². The van der Waals surface area contributed by atoms with E-state index >= 15 is 0 Å². The minimum absolute atomic E-state index is 0.0782. The van der Waals surface area contributed by atoms with E-state index in [4.69, 9.17) is 5.11 Å². The van der Waals surface area contributed by atoms with Crippen molar-refractivity contribution in [3.05, 3.63) is 23.8 Å². The Hall–Kier alpha value is -3.43. The standard InChI is InChI=1S/C17H18N2O8/c1-6(20)10-11(13(17(26)27)12(10)16(24)25)14(21)19-9-4-7(15(22)23)3-8(5-9)18-2/h3-5,10-13,18H,1-2H3,(H,19,21)(H,22,23)(H,24,25)(H,26,27). The molecule has 0 bridgehead atoms. The predicted octanol–water partition coefficient (Wildman–Crippen LogP) is 0.602. The second-order valence-corrected chi connectivity index (χ2v) is 6.23. The number of carbonyl (C=O) groups excluding carboxylic acids is 2. The number of hydrogen-bond acceptors (Lipinski definition) is 6.